The van der Waals surface area contributed by atoms with Crippen molar-refractivity contribution in [2.24, 2.45) is 5.92 Å². The topological polar surface area (TPSA) is 76.1 Å². The zero-order valence-electron chi connectivity index (χ0n) is 11.8. The van der Waals surface area contributed by atoms with Gasteiger partial charge in [0, 0.05) is 5.41 Å². The molecule has 0 spiro atoms. The number of ether oxygens (including phenoxy) is 1. The summed E-state index contributed by atoms with van der Waals surface area (Å²) in [6.07, 6.45) is 3.51. The van der Waals surface area contributed by atoms with Crippen LogP contribution in [0.5, 0.6) is 0 Å². The molecule has 6 nitrogen and oxygen atoms in total. The van der Waals surface area contributed by atoms with Crippen molar-refractivity contribution in [1.29, 1.82) is 0 Å². The molecule has 2 fully saturated rings. The molecule has 7 heteroatoms. The SMILES string of the molecule is COC(=O)C1(C2(c3cnns3)CCNCC2C)CCN1. The summed E-state index contributed by atoms with van der Waals surface area (Å²) in [6.45, 7) is 4.82. The summed E-state index contributed by atoms with van der Waals surface area (Å²) in [4.78, 5) is 13.6. The maximum absolute atomic E-state index is 12.5. The van der Waals surface area contributed by atoms with E-state index in [1.165, 1.54) is 18.6 Å². The summed E-state index contributed by atoms with van der Waals surface area (Å²) in [7, 11) is 1.47. The van der Waals surface area contributed by atoms with E-state index >= 15 is 0 Å². The third kappa shape index (κ3) is 1.66. The molecular formula is C13H20N4O2S. The van der Waals surface area contributed by atoms with Crippen molar-refractivity contribution in [3.05, 3.63) is 11.1 Å². The molecule has 3 rings (SSSR count). The number of carbonyl (C=O) groups excluding carboxylic acids is 1. The van der Waals surface area contributed by atoms with Crippen LogP contribution in [0.2, 0.25) is 0 Å². The van der Waals surface area contributed by atoms with Crippen LogP contribution in [0, 0.1) is 5.92 Å². The summed E-state index contributed by atoms with van der Waals surface area (Å²) < 4.78 is 9.15. The van der Waals surface area contributed by atoms with E-state index in [1.807, 2.05) is 6.20 Å². The van der Waals surface area contributed by atoms with Crippen LogP contribution < -0.4 is 10.6 Å². The van der Waals surface area contributed by atoms with Gasteiger partial charge in [-0.15, -0.1) is 5.10 Å². The van der Waals surface area contributed by atoms with Crippen molar-refractivity contribution in [3.63, 3.8) is 0 Å². The molecule has 2 aliphatic heterocycles. The van der Waals surface area contributed by atoms with E-state index in [-0.39, 0.29) is 11.4 Å². The number of carbonyl (C=O) groups is 1. The van der Waals surface area contributed by atoms with Crippen molar-refractivity contribution in [2.45, 2.75) is 30.7 Å². The second-order valence-electron chi connectivity index (χ2n) is 5.68. The lowest BCUT2D eigenvalue weighted by Gasteiger charge is -2.58. The third-order valence-electron chi connectivity index (χ3n) is 5.01. The highest BCUT2D eigenvalue weighted by atomic mass is 32.1. The molecule has 2 N–H and O–H groups in total. The Hall–Kier alpha value is -1.05. The Labute approximate surface area is 122 Å². The number of nitrogens with zero attached hydrogens (tertiary/aromatic N) is 2. The van der Waals surface area contributed by atoms with Crippen LogP contribution in [0.4, 0.5) is 0 Å². The number of hydrogen-bond donors (Lipinski definition) is 2. The van der Waals surface area contributed by atoms with Crippen LogP contribution in [0.25, 0.3) is 0 Å². The quantitative estimate of drug-likeness (QED) is 0.782. The minimum absolute atomic E-state index is 0.161. The molecule has 2 saturated heterocycles. The monoisotopic (exact) mass is 296 g/mol. The maximum Gasteiger partial charge on any atom is 0.327 e. The fourth-order valence-corrected chi connectivity index (χ4v) is 4.80. The van der Waals surface area contributed by atoms with Crippen LogP contribution in [-0.2, 0) is 14.9 Å². The predicted octanol–water partition coefficient (Wildman–Crippen LogP) is 0.310. The Kier molecular flexibility index (Phi) is 3.51. The van der Waals surface area contributed by atoms with E-state index in [4.69, 9.17) is 4.74 Å². The first-order chi connectivity index (χ1) is 9.67. The first-order valence-electron chi connectivity index (χ1n) is 6.99. The second kappa shape index (κ2) is 5.05. The lowest BCUT2D eigenvalue weighted by atomic mass is 9.55. The number of piperidine rings is 1. The van der Waals surface area contributed by atoms with Gasteiger partial charge in [-0.3, -0.25) is 4.79 Å². The fourth-order valence-electron chi connectivity index (χ4n) is 3.89. The van der Waals surface area contributed by atoms with Crippen molar-refractivity contribution in [2.75, 3.05) is 26.7 Å². The molecule has 0 aliphatic carbocycles. The molecule has 1 aromatic heterocycles. The van der Waals surface area contributed by atoms with E-state index in [0.29, 0.717) is 5.92 Å². The minimum atomic E-state index is -0.628. The Bertz CT molecular complexity index is 489. The van der Waals surface area contributed by atoms with Crippen molar-refractivity contribution in [3.8, 4) is 0 Å². The van der Waals surface area contributed by atoms with E-state index in [9.17, 15) is 4.79 Å². The number of rotatable bonds is 3. The van der Waals surface area contributed by atoms with Crippen LogP contribution in [-0.4, -0.2) is 47.8 Å². The first-order valence-corrected chi connectivity index (χ1v) is 7.77. The maximum atomic E-state index is 12.5. The van der Waals surface area contributed by atoms with Crippen molar-refractivity contribution in [1.82, 2.24) is 20.2 Å². The van der Waals surface area contributed by atoms with E-state index in [2.05, 4.69) is 27.1 Å². The number of esters is 1. The second-order valence-corrected chi connectivity index (χ2v) is 6.47. The largest absolute Gasteiger partial charge is 0.468 e. The Morgan fingerprint density at radius 3 is 2.80 bits per heavy atom. The molecule has 110 valence electrons. The van der Waals surface area contributed by atoms with Gasteiger partial charge in [0.2, 0.25) is 0 Å². The number of nitrogens with one attached hydrogen (secondary N) is 2. The normalized spacial score (nSPS) is 37.2. The molecule has 2 aliphatic rings. The fraction of sp³-hybridized carbons (Fsp3) is 0.769. The van der Waals surface area contributed by atoms with Crippen molar-refractivity contribution < 1.29 is 9.53 Å². The number of methoxy groups -OCH3 is 1. The molecule has 1 aromatic rings. The van der Waals surface area contributed by atoms with Gasteiger partial charge < -0.3 is 15.4 Å². The molecule has 20 heavy (non-hydrogen) atoms. The zero-order valence-corrected chi connectivity index (χ0v) is 12.6. The third-order valence-corrected chi connectivity index (χ3v) is 5.85. The molecule has 0 bridgehead atoms. The van der Waals surface area contributed by atoms with Gasteiger partial charge in [0.05, 0.1) is 18.2 Å². The lowest BCUT2D eigenvalue weighted by molar-refractivity contribution is -0.160. The van der Waals surface area contributed by atoms with Gasteiger partial charge in [-0.1, -0.05) is 11.4 Å². The smallest absolute Gasteiger partial charge is 0.327 e. The molecule has 3 atom stereocenters. The van der Waals surface area contributed by atoms with Gasteiger partial charge in [-0.25, -0.2) is 0 Å². The van der Waals surface area contributed by atoms with E-state index in [0.717, 1.165) is 37.4 Å². The van der Waals surface area contributed by atoms with Crippen LogP contribution in [0.1, 0.15) is 24.6 Å². The Morgan fingerprint density at radius 1 is 1.50 bits per heavy atom. The molecular weight excluding hydrogens is 276 g/mol. The highest BCUT2D eigenvalue weighted by molar-refractivity contribution is 7.05. The van der Waals surface area contributed by atoms with Crippen LogP contribution in [0.15, 0.2) is 6.20 Å². The van der Waals surface area contributed by atoms with Crippen LogP contribution in [0.3, 0.4) is 0 Å². The van der Waals surface area contributed by atoms with Crippen LogP contribution >= 0.6 is 11.5 Å². The summed E-state index contributed by atoms with van der Waals surface area (Å²) in [5, 5.41) is 10.8. The highest BCUT2D eigenvalue weighted by Gasteiger charge is 2.64. The zero-order chi connectivity index (χ0) is 14.2. The first kappa shape index (κ1) is 13.9. The minimum Gasteiger partial charge on any atom is -0.468 e. The molecule has 0 amide bonds. The molecule has 0 aromatic carbocycles. The lowest BCUT2D eigenvalue weighted by Crippen LogP contribution is -2.76. The highest BCUT2D eigenvalue weighted by Crippen LogP contribution is 2.51. The molecule has 3 heterocycles. The van der Waals surface area contributed by atoms with Gasteiger partial charge in [0.25, 0.3) is 0 Å². The average molecular weight is 296 g/mol. The standard InChI is InChI=1S/C13H20N4O2S/c1-9-7-14-5-3-12(9,10-8-16-17-20-10)13(4-6-15-13)11(18)19-2/h8-9,14-15H,3-7H2,1-2H3. The van der Waals surface area contributed by atoms with Gasteiger partial charge in [-0.2, -0.15) is 0 Å². The number of aromatic nitrogens is 2. The average Bonchev–Trinajstić information content (AvgIpc) is 2.93. The molecule has 3 unspecified atom stereocenters. The van der Waals surface area contributed by atoms with Crippen molar-refractivity contribution >= 4 is 17.5 Å². The van der Waals surface area contributed by atoms with E-state index < -0.39 is 5.54 Å². The Morgan fingerprint density at radius 2 is 2.30 bits per heavy atom. The number of hydrogen-bond acceptors (Lipinski definition) is 7. The summed E-state index contributed by atoms with van der Waals surface area (Å²) in [5.74, 6) is 0.149. The Balaban J connectivity index is 2.12. The summed E-state index contributed by atoms with van der Waals surface area (Å²) >= 11 is 1.40. The van der Waals surface area contributed by atoms with E-state index in [1.54, 1.807) is 0 Å². The summed E-state index contributed by atoms with van der Waals surface area (Å²) in [5.41, 5.74) is -0.907. The van der Waals surface area contributed by atoms with Gasteiger partial charge in [0.15, 0.2) is 0 Å². The van der Waals surface area contributed by atoms with Gasteiger partial charge in [0.1, 0.15) is 5.54 Å². The molecule has 0 saturated carbocycles. The summed E-state index contributed by atoms with van der Waals surface area (Å²) in [6, 6.07) is 0. The predicted molar refractivity (Wildman–Crippen MR) is 75.6 cm³/mol. The van der Waals surface area contributed by atoms with Gasteiger partial charge >= 0.3 is 5.97 Å². The molecule has 0 radical (unpaired) electrons. The van der Waals surface area contributed by atoms with Gasteiger partial charge in [-0.05, 0) is 49.9 Å².